The van der Waals surface area contributed by atoms with E-state index in [-0.39, 0.29) is 0 Å². The van der Waals surface area contributed by atoms with E-state index in [9.17, 15) is 14.4 Å². The van der Waals surface area contributed by atoms with Crippen LogP contribution in [-0.2, 0) is 14.4 Å². The summed E-state index contributed by atoms with van der Waals surface area (Å²) in [7, 11) is 0. The summed E-state index contributed by atoms with van der Waals surface area (Å²) in [4.78, 5) is 32.3. The second-order valence-corrected chi connectivity index (χ2v) is 3.40. The molecule has 16 heavy (non-hydrogen) atoms. The van der Waals surface area contributed by atoms with Crippen molar-refractivity contribution in [3.8, 4) is 0 Å². The Morgan fingerprint density at radius 2 is 1.81 bits per heavy atom. The summed E-state index contributed by atoms with van der Waals surface area (Å²) in [5.74, 6) is -3.10. The molecule has 0 rings (SSSR count). The van der Waals surface area contributed by atoms with E-state index >= 15 is 0 Å². The zero-order valence-electron chi connectivity index (χ0n) is 8.97. The minimum atomic E-state index is -1.31. The Hall–Kier alpha value is -1.63. The Morgan fingerprint density at radius 3 is 2.19 bits per heavy atom. The fourth-order valence-electron chi connectivity index (χ4n) is 1.09. The van der Waals surface area contributed by atoms with Gasteiger partial charge in [-0.25, -0.2) is 4.79 Å². The van der Waals surface area contributed by atoms with Gasteiger partial charge in [-0.15, -0.1) is 0 Å². The maximum Gasteiger partial charge on any atom is 0.326 e. The number of hydrogen-bond acceptors (Lipinski definition) is 4. The maximum absolute atomic E-state index is 11.2. The molecule has 92 valence electrons. The topological polar surface area (TPSA) is 130 Å². The summed E-state index contributed by atoms with van der Waals surface area (Å²) in [5, 5.41) is 19.4. The van der Waals surface area contributed by atoms with Crippen molar-refractivity contribution < 1.29 is 24.6 Å². The molecule has 0 aliphatic carbocycles. The molecule has 0 unspecified atom stereocenters. The van der Waals surface area contributed by atoms with Crippen LogP contribution in [0.25, 0.3) is 0 Å². The number of rotatable bonds is 7. The smallest absolute Gasteiger partial charge is 0.326 e. The van der Waals surface area contributed by atoms with Gasteiger partial charge in [0.05, 0.1) is 6.42 Å². The fourth-order valence-corrected chi connectivity index (χ4v) is 1.09. The van der Waals surface area contributed by atoms with E-state index in [1.807, 2.05) is 0 Å². The monoisotopic (exact) mass is 232 g/mol. The Kier molecular flexibility index (Phi) is 6.09. The number of carboxylic acid groups (broad SMARTS) is 2. The molecule has 7 heteroatoms. The predicted molar refractivity (Wildman–Crippen MR) is 54.7 cm³/mol. The van der Waals surface area contributed by atoms with Gasteiger partial charge in [0.1, 0.15) is 12.1 Å². The van der Waals surface area contributed by atoms with Crippen LogP contribution in [-0.4, -0.2) is 40.1 Å². The van der Waals surface area contributed by atoms with Gasteiger partial charge in [-0.3, -0.25) is 9.59 Å². The Morgan fingerprint density at radius 1 is 1.25 bits per heavy atom. The van der Waals surface area contributed by atoms with Crippen LogP contribution in [0.3, 0.4) is 0 Å². The van der Waals surface area contributed by atoms with Crippen LogP contribution in [0.1, 0.15) is 26.2 Å². The third-order valence-corrected chi connectivity index (χ3v) is 1.93. The lowest BCUT2D eigenvalue weighted by Crippen LogP contribution is -2.44. The van der Waals surface area contributed by atoms with Crippen LogP contribution >= 0.6 is 0 Å². The maximum atomic E-state index is 11.2. The van der Waals surface area contributed by atoms with Gasteiger partial charge >= 0.3 is 11.9 Å². The lowest BCUT2D eigenvalue weighted by atomic mass is 10.1. The summed E-state index contributed by atoms with van der Waals surface area (Å²) in [5.41, 5.74) is 5.14. The zero-order valence-corrected chi connectivity index (χ0v) is 8.97. The lowest BCUT2D eigenvalue weighted by molar-refractivity contribution is -0.143. The minimum absolute atomic E-state index is 0.295. The number of aliphatic carboxylic acids is 2. The van der Waals surface area contributed by atoms with Crippen molar-refractivity contribution in [1.82, 2.24) is 5.32 Å². The van der Waals surface area contributed by atoms with Crippen molar-refractivity contribution in [3.05, 3.63) is 0 Å². The number of amides is 1. The molecular weight excluding hydrogens is 216 g/mol. The van der Waals surface area contributed by atoms with E-state index in [1.54, 1.807) is 6.92 Å². The summed E-state index contributed by atoms with van der Waals surface area (Å²) in [6.45, 7) is 1.78. The SMILES string of the molecule is CCC[C@@H](NC(=O)C[C@H](N)C(=O)O)C(=O)O. The number of nitrogens with one attached hydrogen (secondary N) is 1. The number of carbonyl (C=O) groups is 3. The summed E-state index contributed by atoms with van der Waals surface area (Å²) < 4.78 is 0. The third-order valence-electron chi connectivity index (χ3n) is 1.93. The molecule has 0 saturated carbocycles. The van der Waals surface area contributed by atoms with E-state index < -0.39 is 36.4 Å². The van der Waals surface area contributed by atoms with Gasteiger partial charge in [0, 0.05) is 0 Å². The highest BCUT2D eigenvalue weighted by Crippen LogP contribution is 1.98. The highest BCUT2D eigenvalue weighted by molar-refractivity contribution is 5.87. The third kappa shape index (κ3) is 5.30. The van der Waals surface area contributed by atoms with Crippen molar-refractivity contribution in [2.45, 2.75) is 38.3 Å². The largest absolute Gasteiger partial charge is 0.480 e. The van der Waals surface area contributed by atoms with Gasteiger partial charge in [0.15, 0.2) is 0 Å². The van der Waals surface area contributed by atoms with Gasteiger partial charge in [-0.05, 0) is 6.42 Å². The molecule has 0 saturated heterocycles. The van der Waals surface area contributed by atoms with Crippen molar-refractivity contribution in [1.29, 1.82) is 0 Å². The number of carboxylic acids is 2. The minimum Gasteiger partial charge on any atom is -0.480 e. The van der Waals surface area contributed by atoms with Crippen LogP contribution in [0, 0.1) is 0 Å². The van der Waals surface area contributed by atoms with Crippen molar-refractivity contribution >= 4 is 17.8 Å². The van der Waals surface area contributed by atoms with Crippen LogP contribution in [0.15, 0.2) is 0 Å². The molecule has 1 amide bonds. The molecule has 0 aromatic rings. The summed E-state index contributed by atoms with van der Waals surface area (Å²) >= 11 is 0. The van der Waals surface area contributed by atoms with E-state index in [2.05, 4.69) is 5.32 Å². The molecule has 0 spiro atoms. The van der Waals surface area contributed by atoms with Gasteiger partial charge in [-0.2, -0.15) is 0 Å². The lowest BCUT2D eigenvalue weighted by Gasteiger charge is -2.14. The molecule has 0 aromatic carbocycles. The molecule has 0 aliphatic heterocycles. The molecule has 5 N–H and O–H groups in total. The molecular formula is C9H16N2O5. The average molecular weight is 232 g/mol. The van der Waals surface area contributed by atoms with Gasteiger partial charge in [0.2, 0.25) is 5.91 Å². The number of carbonyl (C=O) groups excluding carboxylic acids is 1. The standard InChI is InChI=1S/C9H16N2O5/c1-2-3-6(9(15)16)11-7(12)4-5(10)8(13)14/h5-6H,2-4,10H2,1H3,(H,11,12)(H,13,14)(H,15,16)/t5-,6+/m0/s1. The summed E-state index contributed by atoms with van der Waals surface area (Å²) in [6, 6.07) is -2.30. The van der Waals surface area contributed by atoms with Crippen LogP contribution in [0.5, 0.6) is 0 Å². The van der Waals surface area contributed by atoms with E-state index in [4.69, 9.17) is 15.9 Å². The average Bonchev–Trinajstić information content (AvgIpc) is 2.16. The second kappa shape index (κ2) is 6.78. The first-order chi connectivity index (χ1) is 7.38. The van der Waals surface area contributed by atoms with Crippen LogP contribution in [0.2, 0.25) is 0 Å². The molecule has 0 aliphatic rings. The zero-order chi connectivity index (χ0) is 12.7. The molecule has 0 fully saturated rings. The summed E-state index contributed by atoms with van der Waals surface area (Å²) in [6.07, 6.45) is 0.467. The molecule has 0 heterocycles. The quantitative estimate of drug-likeness (QED) is 0.452. The van der Waals surface area contributed by atoms with Crippen LogP contribution < -0.4 is 11.1 Å². The Bertz CT molecular complexity index is 279. The first-order valence-corrected chi connectivity index (χ1v) is 4.89. The normalized spacial score (nSPS) is 13.9. The first-order valence-electron chi connectivity index (χ1n) is 4.89. The molecule has 0 aromatic heterocycles. The van der Waals surface area contributed by atoms with Crippen molar-refractivity contribution in [2.75, 3.05) is 0 Å². The number of hydrogen-bond donors (Lipinski definition) is 4. The molecule has 7 nitrogen and oxygen atoms in total. The second-order valence-electron chi connectivity index (χ2n) is 3.40. The van der Waals surface area contributed by atoms with E-state index in [0.717, 1.165) is 0 Å². The van der Waals surface area contributed by atoms with E-state index in [1.165, 1.54) is 0 Å². The highest BCUT2D eigenvalue weighted by atomic mass is 16.4. The Balaban J connectivity index is 4.19. The van der Waals surface area contributed by atoms with Gasteiger partial charge in [-0.1, -0.05) is 13.3 Å². The van der Waals surface area contributed by atoms with Crippen molar-refractivity contribution in [3.63, 3.8) is 0 Å². The molecule has 0 radical (unpaired) electrons. The number of nitrogens with two attached hydrogens (primary N) is 1. The van der Waals surface area contributed by atoms with Gasteiger partial charge in [0.25, 0.3) is 0 Å². The van der Waals surface area contributed by atoms with E-state index in [0.29, 0.717) is 12.8 Å². The van der Waals surface area contributed by atoms with Crippen molar-refractivity contribution in [2.24, 2.45) is 5.73 Å². The Labute approximate surface area is 92.6 Å². The predicted octanol–water partition coefficient (Wildman–Crippen LogP) is -0.842. The fraction of sp³-hybridized carbons (Fsp3) is 0.667. The van der Waals surface area contributed by atoms with Crippen LogP contribution in [0.4, 0.5) is 0 Å². The highest BCUT2D eigenvalue weighted by Gasteiger charge is 2.22. The first kappa shape index (κ1) is 14.4. The molecule has 2 atom stereocenters. The molecule has 0 bridgehead atoms. The van der Waals surface area contributed by atoms with Gasteiger partial charge < -0.3 is 21.3 Å².